The lowest BCUT2D eigenvalue weighted by Crippen LogP contribution is -2.35. The lowest BCUT2D eigenvalue weighted by molar-refractivity contribution is 0.0342. The fourth-order valence-corrected chi connectivity index (χ4v) is 2.64. The molecule has 0 bridgehead atoms. The van der Waals surface area contributed by atoms with Crippen molar-refractivity contribution in [3.63, 3.8) is 0 Å². The Bertz CT molecular complexity index is 709. The Kier molecular flexibility index (Phi) is 4.82. The first-order valence-electron chi connectivity index (χ1n) is 7.70. The minimum absolute atomic E-state index is 0.0209. The molecule has 0 N–H and O–H groups in total. The van der Waals surface area contributed by atoms with Crippen molar-refractivity contribution in [2.24, 2.45) is 0 Å². The summed E-state index contributed by atoms with van der Waals surface area (Å²) >= 11 is 0. The van der Waals surface area contributed by atoms with Crippen LogP contribution in [0.25, 0.3) is 0 Å². The maximum absolute atomic E-state index is 12.4. The largest absolute Gasteiger partial charge is 0.379 e. The van der Waals surface area contributed by atoms with Crippen molar-refractivity contribution in [1.29, 1.82) is 5.26 Å². The number of hydrogen-bond donors (Lipinski definition) is 0. The summed E-state index contributed by atoms with van der Waals surface area (Å²) in [6, 6.07) is 16.5. The molecule has 23 heavy (non-hydrogen) atoms. The summed E-state index contributed by atoms with van der Waals surface area (Å²) in [5.41, 5.74) is 3.02. The first-order valence-corrected chi connectivity index (χ1v) is 7.70. The highest BCUT2D eigenvalue weighted by molar-refractivity contribution is 6.09. The smallest absolute Gasteiger partial charge is 0.193 e. The van der Waals surface area contributed by atoms with Crippen molar-refractivity contribution in [2.75, 3.05) is 26.3 Å². The second-order valence-corrected chi connectivity index (χ2v) is 5.60. The van der Waals surface area contributed by atoms with Crippen LogP contribution < -0.4 is 0 Å². The molecule has 0 unspecified atom stereocenters. The minimum Gasteiger partial charge on any atom is -0.379 e. The van der Waals surface area contributed by atoms with Crippen molar-refractivity contribution in [3.8, 4) is 6.07 Å². The molecule has 0 radical (unpaired) electrons. The summed E-state index contributed by atoms with van der Waals surface area (Å²) in [7, 11) is 0. The number of carbonyl (C=O) groups is 1. The zero-order chi connectivity index (χ0) is 16.1. The van der Waals surface area contributed by atoms with E-state index in [4.69, 9.17) is 10.00 Å². The van der Waals surface area contributed by atoms with Crippen LogP contribution in [0.2, 0.25) is 0 Å². The van der Waals surface area contributed by atoms with Gasteiger partial charge in [0.1, 0.15) is 0 Å². The van der Waals surface area contributed by atoms with Gasteiger partial charge in [-0.3, -0.25) is 9.69 Å². The molecule has 1 heterocycles. The molecule has 0 amide bonds. The Morgan fingerprint density at radius 3 is 2.13 bits per heavy atom. The molecule has 1 aliphatic heterocycles. The first-order chi connectivity index (χ1) is 11.3. The lowest BCUT2D eigenvalue weighted by Gasteiger charge is -2.26. The van der Waals surface area contributed by atoms with E-state index in [-0.39, 0.29) is 5.78 Å². The van der Waals surface area contributed by atoms with Crippen molar-refractivity contribution in [3.05, 3.63) is 70.8 Å². The quantitative estimate of drug-likeness (QED) is 0.815. The van der Waals surface area contributed by atoms with Crippen molar-refractivity contribution >= 4 is 5.78 Å². The number of nitrogens with zero attached hydrogens (tertiary/aromatic N) is 2. The standard InChI is InChI=1S/C19H18N2O2/c20-13-15-1-5-17(6-2-15)19(22)18-7-3-16(4-8-18)14-21-9-11-23-12-10-21/h1-8H,9-12,14H2. The Hall–Kier alpha value is -2.48. The zero-order valence-electron chi connectivity index (χ0n) is 12.9. The Balaban J connectivity index is 1.68. The van der Waals surface area contributed by atoms with Crippen LogP contribution in [0.15, 0.2) is 48.5 Å². The highest BCUT2D eigenvalue weighted by atomic mass is 16.5. The maximum atomic E-state index is 12.4. The van der Waals surface area contributed by atoms with Gasteiger partial charge in [0, 0.05) is 30.8 Å². The number of nitriles is 1. The summed E-state index contributed by atoms with van der Waals surface area (Å²) in [5.74, 6) is -0.0209. The SMILES string of the molecule is N#Cc1ccc(C(=O)c2ccc(CN3CCOCC3)cc2)cc1. The predicted molar refractivity (Wildman–Crippen MR) is 87.1 cm³/mol. The number of carbonyl (C=O) groups excluding carboxylic acids is 1. The van der Waals surface area contributed by atoms with Crippen LogP contribution in [-0.4, -0.2) is 37.0 Å². The molecular formula is C19H18N2O2. The lowest BCUT2D eigenvalue weighted by atomic mass is 10.0. The molecule has 3 rings (SSSR count). The third-order valence-corrected chi connectivity index (χ3v) is 4.00. The van der Waals surface area contributed by atoms with E-state index in [2.05, 4.69) is 11.0 Å². The third-order valence-electron chi connectivity index (χ3n) is 4.00. The van der Waals surface area contributed by atoms with Gasteiger partial charge >= 0.3 is 0 Å². The van der Waals surface area contributed by atoms with Gasteiger partial charge in [-0.25, -0.2) is 0 Å². The first kappa shape index (κ1) is 15.4. The van der Waals surface area contributed by atoms with Gasteiger partial charge in [0.15, 0.2) is 5.78 Å². The van der Waals surface area contributed by atoms with E-state index < -0.39 is 0 Å². The number of rotatable bonds is 4. The number of hydrogen-bond acceptors (Lipinski definition) is 4. The van der Waals surface area contributed by atoms with Crippen molar-refractivity contribution < 1.29 is 9.53 Å². The average Bonchev–Trinajstić information content (AvgIpc) is 2.63. The molecule has 1 saturated heterocycles. The van der Waals surface area contributed by atoms with Crippen molar-refractivity contribution in [2.45, 2.75) is 6.54 Å². The fourth-order valence-electron chi connectivity index (χ4n) is 2.64. The summed E-state index contributed by atoms with van der Waals surface area (Å²) in [6.45, 7) is 4.36. The van der Waals surface area contributed by atoms with E-state index >= 15 is 0 Å². The van der Waals surface area contributed by atoms with Crippen molar-refractivity contribution in [1.82, 2.24) is 4.90 Å². The molecule has 2 aromatic carbocycles. The van der Waals surface area contributed by atoms with Crippen LogP contribution in [0.1, 0.15) is 27.0 Å². The van der Waals surface area contributed by atoms with Gasteiger partial charge in [0.25, 0.3) is 0 Å². The molecule has 0 spiro atoms. The molecule has 4 nitrogen and oxygen atoms in total. The summed E-state index contributed by atoms with van der Waals surface area (Å²) in [4.78, 5) is 14.8. The van der Waals surface area contributed by atoms with Gasteiger partial charge in [-0.05, 0) is 29.8 Å². The van der Waals surface area contributed by atoms with Gasteiger partial charge in [0.2, 0.25) is 0 Å². The Morgan fingerprint density at radius 2 is 1.57 bits per heavy atom. The predicted octanol–water partition coefficient (Wildman–Crippen LogP) is 2.62. The molecule has 0 atom stereocenters. The van der Waals surface area contributed by atoms with E-state index in [1.165, 1.54) is 5.56 Å². The maximum Gasteiger partial charge on any atom is 0.193 e. The second-order valence-electron chi connectivity index (χ2n) is 5.60. The summed E-state index contributed by atoms with van der Waals surface area (Å²) < 4.78 is 5.35. The van der Waals surface area contributed by atoms with Gasteiger partial charge in [-0.2, -0.15) is 5.26 Å². The Labute approximate surface area is 135 Å². The fraction of sp³-hybridized carbons (Fsp3) is 0.263. The average molecular weight is 306 g/mol. The van der Waals surface area contributed by atoms with E-state index in [0.717, 1.165) is 32.8 Å². The molecule has 1 aliphatic rings. The normalized spacial score (nSPS) is 15.1. The molecule has 0 aliphatic carbocycles. The van der Waals surface area contributed by atoms with E-state index in [0.29, 0.717) is 16.7 Å². The molecule has 4 heteroatoms. The van der Waals surface area contributed by atoms with Gasteiger partial charge in [-0.1, -0.05) is 24.3 Å². The van der Waals surface area contributed by atoms with E-state index in [1.54, 1.807) is 24.3 Å². The van der Waals surface area contributed by atoms with Gasteiger partial charge in [-0.15, -0.1) is 0 Å². The van der Waals surface area contributed by atoms with Crippen LogP contribution in [-0.2, 0) is 11.3 Å². The highest BCUT2D eigenvalue weighted by Crippen LogP contribution is 2.14. The van der Waals surface area contributed by atoms with Crippen LogP contribution in [0.4, 0.5) is 0 Å². The molecular weight excluding hydrogens is 288 g/mol. The van der Waals surface area contributed by atoms with E-state index in [1.807, 2.05) is 24.3 Å². The summed E-state index contributed by atoms with van der Waals surface area (Å²) in [5, 5.41) is 8.80. The highest BCUT2D eigenvalue weighted by Gasteiger charge is 2.12. The molecule has 116 valence electrons. The minimum atomic E-state index is -0.0209. The van der Waals surface area contributed by atoms with Crippen LogP contribution in [0.5, 0.6) is 0 Å². The molecule has 0 aromatic heterocycles. The summed E-state index contributed by atoms with van der Waals surface area (Å²) in [6.07, 6.45) is 0. The number of morpholine rings is 1. The monoisotopic (exact) mass is 306 g/mol. The van der Waals surface area contributed by atoms with E-state index in [9.17, 15) is 4.79 Å². The Morgan fingerprint density at radius 1 is 1.00 bits per heavy atom. The molecule has 1 fully saturated rings. The number of ketones is 1. The zero-order valence-corrected chi connectivity index (χ0v) is 12.9. The number of benzene rings is 2. The van der Waals surface area contributed by atoms with Crippen LogP contribution in [0.3, 0.4) is 0 Å². The number of ether oxygens (including phenoxy) is 1. The van der Waals surface area contributed by atoms with Gasteiger partial charge < -0.3 is 4.74 Å². The molecule has 2 aromatic rings. The van der Waals surface area contributed by atoms with Crippen LogP contribution >= 0.6 is 0 Å². The molecule has 0 saturated carbocycles. The van der Waals surface area contributed by atoms with Gasteiger partial charge in [0.05, 0.1) is 24.8 Å². The second kappa shape index (κ2) is 7.19. The topological polar surface area (TPSA) is 53.3 Å². The van der Waals surface area contributed by atoms with Crippen LogP contribution in [0, 0.1) is 11.3 Å². The third kappa shape index (κ3) is 3.84.